The summed E-state index contributed by atoms with van der Waals surface area (Å²) >= 11 is 0. The molecular weight excluding hydrogens is 214 g/mol. The first-order valence-corrected chi connectivity index (χ1v) is 6.08. The van der Waals surface area contributed by atoms with E-state index < -0.39 is 0 Å². The van der Waals surface area contributed by atoms with E-state index in [1.165, 1.54) is 0 Å². The van der Waals surface area contributed by atoms with Gasteiger partial charge in [-0.15, -0.1) is 0 Å². The van der Waals surface area contributed by atoms with Crippen LogP contribution in [0, 0.1) is 6.92 Å². The molecule has 17 heavy (non-hydrogen) atoms. The summed E-state index contributed by atoms with van der Waals surface area (Å²) in [6.45, 7) is 3.69. The van der Waals surface area contributed by atoms with Gasteiger partial charge in [0.2, 0.25) is 0 Å². The standard InChI is InChI=1S/C13H17N3O/c1-9-3-2-4-11-15-12(13(14)16(9)11)10-5-7-17-8-6-10/h2-4,10H,5-8,14H2,1H3. The minimum absolute atomic E-state index is 0.447. The number of pyridine rings is 1. The summed E-state index contributed by atoms with van der Waals surface area (Å²) in [7, 11) is 0. The van der Waals surface area contributed by atoms with Gasteiger partial charge in [-0.1, -0.05) is 6.07 Å². The lowest BCUT2D eigenvalue weighted by Crippen LogP contribution is -2.15. The van der Waals surface area contributed by atoms with Crippen LogP contribution in [0.5, 0.6) is 0 Å². The Morgan fingerprint density at radius 3 is 2.82 bits per heavy atom. The maximum absolute atomic E-state index is 6.23. The second kappa shape index (κ2) is 4.04. The number of anilines is 1. The second-order valence-corrected chi connectivity index (χ2v) is 4.63. The van der Waals surface area contributed by atoms with Gasteiger partial charge in [0, 0.05) is 24.8 Å². The predicted octanol–water partition coefficient (Wildman–Crippen LogP) is 2.12. The summed E-state index contributed by atoms with van der Waals surface area (Å²) in [5.74, 6) is 1.24. The van der Waals surface area contributed by atoms with Gasteiger partial charge in [-0.2, -0.15) is 0 Å². The van der Waals surface area contributed by atoms with Crippen molar-refractivity contribution >= 4 is 11.5 Å². The third-order valence-corrected chi connectivity index (χ3v) is 3.51. The number of nitrogens with two attached hydrogens (primary N) is 1. The van der Waals surface area contributed by atoms with Crippen LogP contribution in [0.25, 0.3) is 5.65 Å². The van der Waals surface area contributed by atoms with Gasteiger partial charge in [0.15, 0.2) is 0 Å². The van der Waals surface area contributed by atoms with Crippen LogP contribution in [0.2, 0.25) is 0 Å². The number of imidazole rings is 1. The predicted molar refractivity (Wildman–Crippen MR) is 67.1 cm³/mol. The Morgan fingerprint density at radius 2 is 2.12 bits per heavy atom. The molecule has 2 aromatic rings. The van der Waals surface area contributed by atoms with Crippen LogP contribution < -0.4 is 5.73 Å². The van der Waals surface area contributed by atoms with E-state index in [2.05, 4.69) is 18.0 Å². The van der Waals surface area contributed by atoms with Crippen molar-refractivity contribution in [2.24, 2.45) is 0 Å². The van der Waals surface area contributed by atoms with Crippen molar-refractivity contribution in [1.82, 2.24) is 9.38 Å². The molecule has 4 heteroatoms. The van der Waals surface area contributed by atoms with Crippen molar-refractivity contribution in [3.8, 4) is 0 Å². The molecule has 4 nitrogen and oxygen atoms in total. The van der Waals surface area contributed by atoms with E-state index in [1.54, 1.807) is 0 Å². The van der Waals surface area contributed by atoms with Crippen LogP contribution in [0.4, 0.5) is 5.82 Å². The average molecular weight is 231 g/mol. The number of nitrogen functional groups attached to an aromatic ring is 1. The monoisotopic (exact) mass is 231 g/mol. The third kappa shape index (κ3) is 1.69. The quantitative estimate of drug-likeness (QED) is 0.818. The second-order valence-electron chi connectivity index (χ2n) is 4.63. The first-order chi connectivity index (χ1) is 8.27. The molecule has 0 amide bonds. The molecule has 1 fully saturated rings. The molecule has 2 aromatic heterocycles. The van der Waals surface area contributed by atoms with Crippen molar-refractivity contribution in [3.05, 3.63) is 29.6 Å². The zero-order chi connectivity index (χ0) is 11.8. The molecule has 0 atom stereocenters. The fraction of sp³-hybridized carbons (Fsp3) is 0.462. The smallest absolute Gasteiger partial charge is 0.138 e. The van der Waals surface area contributed by atoms with Crippen LogP contribution in [0.1, 0.15) is 30.1 Å². The van der Waals surface area contributed by atoms with E-state index in [-0.39, 0.29) is 0 Å². The molecule has 90 valence electrons. The van der Waals surface area contributed by atoms with Gasteiger partial charge in [0.25, 0.3) is 0 Å². The van der Waals surface area contributed by atoms with Gasteiger partial charge in [-0.25, -0.2) is 4.98 Å². The number of hydrogen-bond donors (Lipinski definition) is 1. The highest BCUT2D eigenvalue weighted by molar-refractivity contribution is 5.55. The Kier molecular flexibility index (Phi) is 2.52. The van der Waals surface area contributed by atoms with Crippen molar-refractivity contribution in [2.45, 2.75) is 25.7 Å². The Balaban J connectivity index is 2.10. The van der Waals surface area contributed by atoms with Crippen LogP contribution in [0.3, 0.4) is 0 Å². The summed E-state index contributed by atoms with van der Waals surface area (Å²) in [5.41, 5.74) is 9.35. The van der Waals surface area contributed by atoms with E-state index in [4.69, 9.17) is 10.5 Å². The highest BCUT2D eigenvalue weighted by Crippen LogP contribution is 2.31. The minimum atomic E-state index is 0.447. The molecule has 3 rings (SSSR count). The average Bonchev–Trinajstić information content (AvgIpc) is 2.69. The number of aromatic nitrogens is 2. The van der Waals surface area contributed by atoms with Crippen molar-refractivity contribution in [1.29, 1.82) is 0 Å². The topological polar surface area (TPSA) is 52.5 Å². The zero-order valence-electron chi connectivity index (χ0n) is 10.0. The van der Waals surface area contributed by atoms with Gasteiger partial charge in [0.05, 0.1) is 5.69 Å². The Hall–Kier alpha value is -1.55. The van der Waals surface area contributed by atoms with E-state index in [1.807, 2.05) is 16.5 Å². The lowest BCUT2D eigenvalue weighted by Gasteiger charge is -2.20. The van der Waals surface area contributed by atoms with Gasteiger partial charge in [-0.3, -0.25) is 4.40 Å². The van der Waals surface area contributed by atoms with E-state index in [9.17, 15) is 0 Å². The van der Waals surface area contributed by atoms with E-state index in [0.29, 0.717) is 5.92 Å². The lowest BCUT2D eigenvalue weighted by atomic mass is 9.96. The Bertz CT molecular complexity index is 541. The number of fused-ring (bicyclic) bond motifs is 1. The molecule has 0 saturated carbocycles. The summed E-state index contributed by atoms with van der Waals surface area (Å²) < 4.78 is 7.42. The number of aryl methyl sites for hydroxylation is 1. The first kappa shape index (κ1) is 10.6. The molecule has 0 unspecified atom stereocenters. The van der Waals surface area contributed by atoms with Crippen LogP contribution in [-0.4, -0.2) is 22.6 Å². The van der Waals surface area contributed by atoms with Gasteiger partial charge >= 0.3 is 0 Å². The van der Waals surface area contributed by atoms with Crippen LogP contribution in [0.15, 0.2) is 18.2 Å². The van der Waals surface area contributed by atoms with E-state index >= 15 is 0 Å². The zero-order valence-corrected chi connectivity index (χ0v) is 10.0. The van der Waals surface area contributed by atoms with Crippen LogP contribution in [-0.2, 0) is 4.74 Å². The normalized spacial score (nSPS) is 17.7. The molecule has 0 bridgehead atoms. The van der Waals surface area contributed by atoms with Crippen molar-refractivity contribution in [2.75, 3.05) is 18.9 Å². The molecule has 1 saturated heterocycles. The maximum atomic E-state index is 6.23. The minimum Gasteiger partial charge on any atom is -0.383 e. The first-order valence-electron chi connectivity index (χ1n) is 6.08. The largest absolute Gasteiger partial charge is 0.383 e. The number of rotatable bonds is 1. The molecule has 1 aliphatic rings. The molecule has 0 aliphatic carbocycles. The molecule has 1 aliphatic heterocycles. The Labute approximate surface area is 100 Å². The molecule has 2 N–H and O–H groups in total. The highest BCUT2D eigenvalue weighted by Gasteiger charge is 2.22. The molecule has 3 heterocycles. The summed E-state index contributed by atoms with van der Waals surface area (Å²) in [6, 6.07) is 6.08. The third-order valence-electron chi connectivity index (χ3n) is 3.51. The highest BCUT2D eigenvalue weighted by atomic mass is 16.5. The molecular formula is C13H17N3O. The van der Waals surface area contributed by atoms with Crippen molar-refractivity contribution < 1.29 is 4.74 Å². The summed E-state index contributed by atoms with van der Waals surface area (Å²) in [5, 5.41) is 0. The SMILES string of the molecule is Cc1cccc2nc(C3CCOCC3)c(N)n12. The Morgan fingerprint density at radius 1 is 1.35 bits per heavy atom. The number of ether oxygens (including phenoxy) is 1. The van der Waals surface area contributed by atoms with Gasteiger partial charge < -0.3 is 10.5 Å². The fourth-order valence-electron chi connectivity index (χ4n) is 2.57. The molecule has 0 spiro atoms. The summed E-state index contributed by atoms with van der Waals surface area (Å²) in [6.07, 6.45) is 2.04. The maximum Gasteiger partial charge on any atom is 0.138 e. The van der Waals surface area contributed by atoms with Crippen LogP contribution >= 0.6 is 0 Å². The summed E-state index contributed by atoms with van der Waals surface area (Å²) in [4.78, 5) is 4.68. The lowest BCUT2D eigenvalue weighted by molar-refractivity contribution is 0.0847. The van der Waals surface area contributed by atoms with Gasteiger partial charge in [0.1, 0.15) is 11.5 Å². The number of hydrogen-bond acceptors (Lipinski definition) is 3. The van der Waals surface area contributed by atoms with E-state index in [0.717, 1.165) is 48.9 Å². The number of nitrogens with zero attached hydrogens (tertiary/aromatic N) is 2. The van der Waals surface area contributed by atoms with Crippen molar-refractivity contribution in [3.63, 3.8) is 0 Å². The van der Waals surface area contributed by atoms with Gasteiger partial charge in [-0.05, 0) is 31.9 Å². The molecule has 0 radical (unpaired) electrons. The molecule has 0 aromatic carbocycles. The fourth-order valence-corrected chi connectivity index (χ4v) is 2.57.